The van der Waals surface area contributed by atoms with Gasteiger partial charge >= 0.3 is 0 Å². The van der Waals surface area contributed by atoms with Gasteiger partial charge in [0, 0.05) is 25.2 Å². The number of aromatic amines is 1. The van der Waals surface area contributed by atoms with Crippen LogP contribution in [0.25, 0.3) is 11.2 Å². The van der Waals surface area contributed by atoms with Gasteiger partial charge in [0.05, 0.1) is 0 Å². The first kappa shape index (κ1) is 8.19. The van der Waals surface area contributed by atoms with Gasteiger partial charge in [0.25, 0.3) is 0 Å². The van der Waals surface area contributed by atoms with Crippen LogP contribution >= 0.6 is 0 Å². The molecule has 0 spiro atoms. The van der Waals surface area contributed by atoms with Crippen LogP contribution in [-0.4, -0.2) is 26.7 Å². The van der Waals surface area contributed by atoms with Crippen molar-refractivity contribution in [3.8, 4) is 0 Å². The van der Waals surface area contributed by atoms with Crippen LogP contribution < -0.4 is 0 Å². The van der Waals surface area contributed by atoms with Gasteiger partial charge in [-0.05, 0) is 18.4 Å². The summed E-state index contributed by atoms with van der Waals surface area (Å²) in [6.07, 6.45) is 6.85. The number of nitrogens with one attached hydrogen (secondary N) is 1. The van der Waals surface area contributed by atoms with E-state index < -0.39 is 0 Å². The number of fused-ring (bicyclic) bond motifs is 1. The molecule has 0 amide bonds. The Morgan fingerprint density at radius 1 is 1.31 bits per heavy atom. The van der Waals surface area contributed by atoms with Crippen molar-refractivity contribution < 1.29 is 5.11 Å². The van der Waals surface area contributed by atoms with Gasteiger partial charge in [-0.15, -0.1) is 0 Å². The summed E-state index contributed by atoms with van der Waals surface area (Å²) in [4.78, 5) is 11.4. The van der Waals surface area contributed by atoms with Gasteiger partial charge < -0.3 is 10.1 Å². The second-order valence-corrected chi connectivity index (χ2v) is 2.89. The first-order chi connectivity index (χ1) is 6.42. The molecule has 0 aliphatic rings. The lowest BCUT2D eigenvalue weighted by molar-refractivity contribution is 0.289. The fourth-order valence-corrected chi connectivity index (χ4v) is 1.36. The molecular weight excluding hydrogens is 166 g/mol. The SMILES string of the molecule is OCCCc1c[nH]c2nccnc12. The van der Waals surface area contributed by atoms with Crippen molar-refractivity contribution in [2.24, 2.45) is 0 Å². The number of hydrogen-bond acceptors (Lipinski definition) is 3. The van der Waals surface area contributed by atoms with Crippen LogP contribution in [0.2, 0.25) is 0 Å². The Morgan fingerprint density at radius 2 is 2.15 bits per heavy atom. The Bertz CT molecular complexity index is 396. The van der Waals surface area contributed by atoms with E-state index in [4.69, 9.17) is 5.11 Å². The van der Waals surface area contributed by atoms with E-state index >= 15 is 0 Å². The molecule has 0 bridgehead atoms. The number of H-pyrrole nitrogens is 1. The fraction of sp³-hybridized carbons (Fsp3) is 0.333. The maximum Gasteiger partial charge on any atom is 0.156 e. The van der Waals surface area contributed by atoms with Gasteiger partial charge in [0.1, 0.15) is 5.52 Å². The number of nitrogens with zero attached hydrogens (tertiary/aromatic N) is 2. The normalized spacial score (nSPS) is 10.8. The zero-order valence-corrected chi connectivity index (χ0v) is 7.20. The maximum atomic E-state index is 8.69. The molecule has 0 radical (unpaired) electrons. The summed E-state index contributed by atoms with van der Waals surface area (Å²) >= 11 is 0. The lowest BCUT2D eigenvalue weighted by atomic mass is 10.2. The highest BCUT2D eigenvalue weighted by Crippen LogP contribution is 2.13. The van der Waals surface area contributed by atoms with Crippen LogP contribution in [0, 0.1) is 0 Å². The molecule has 2 rings (SSSR count). The number of hydrogen-bond donors (Lipinski definition) is 2. The van der Waals surface area contributed by atoms with Crippen molar-refractivity contribution in [1.82, 2.24) is 15.0 Å². The van der Waals surface area contributed by atoms with Crippen molar-refractivity contribution in [2.45, 2.75) is 12.8 Å². The summed E-state index contributed by atoms with van der Waals surface area (Å²) in [7, 11) is 0. The smallest absolute Gasteiger partial charge is 0.156 e. The Morgan fingerprint density at radius 3 is 3.00 bits per heavy atom. The molecule has 13 heavy (non-hydrogen) atoms. The zero-order valence-electron chi connectivity index (χ0n) is 7.20. The van der Waals surface area contributed by atoms with Crippen LogP contribution in [-0.2, 0) is 6.42 Å². The van der Waals surface area contributed by atoms with Gasteiger partial charge in [0.2, 0.25) is 0 Å². The fourth-order valence-electron chi connectivity index (χ4n) is 1.36. The summed E-state index contributed by atoms with van der Waals surface area (Å²) in [6.45, 7) is 0.215. The quantitative estimate of drug-likeness (QED) is 0.731. The lowest BCUT2D eigenvalue weighted by Gasteiger charge is -1.94. The van der Waals surface area contributed by atoms with Crippen LogP contribution in [0.15, 0.2) is 18.6 Å². The Labute approximate surface area is 75.7 Å². The van der Waals surface area contributed by atoms with E-state index in [0.29, 0.717) is 0 Å². The maximum absolute atomic E-state index is 8.69. The predicted octanol–water partition coefficient (Wildman–Crippen LogP) is 0.883. The van der Waals surface area contributed by atoms with Gasteiger partial charge in [-0.25, -0.2) is 4.98 Å². The number of aliphatic hydroxyl groups is 1. The van der Waals surface area contributed by atoms with Crippen molar-refractivity contribution in [3.63, 3.8) is 0 Å². The molecule has 0 fully saturated rings. The second-order valence-electron chi connectivity index (χ2n) is 2.89. The van der Waals surface area contributed by atoms with Gasteiger partial charge in [0.15, 0.2) is 5.65 Å². The summed E-state index contributed by atoms with van der Waals surface area (Å²) < 4.78 is 0. The van der Waals surface area contributed by atoms with E-state index in [1.54, 1.807) is 12.4 Å². The number of aryl methyl sites for hydroxylation is 1. The standard InChI is InChI=1S/C9H11N3O/c13-5-1-2-7-6-12-9-8(7)10-3-4-11-9/h3-4,6,13H,1-2,5H2,(H,11,12). The van der Waals surface area contributed by atoms with E-state index in [-0.39, 0.29) is 6.61 Å². The molecule has 0 saturated carbocycles. The second kappa shape index (κ2) is 3.53. The minimum atomic E-state index is 0.215. The Balaban J connectivity index is 2.35. The molecule has 4 heteroatoms. The molecule has 2 heterocycles. The molecule has 0 unspecified atom stereocenters. The average molecular weight is 177 g/mol. The molecule has 0 saturated heterocycles. The topological polar surface area (TPSA) is 61.8 Å². The van der Waals surface area contributed by atoms with Crippen LogP contribution in [0.5, 0.6) is 0 Å². The van der Waals surface area contributed by atoms with Gasteiger partial charge in [-0.2, -0.15) is 0 Å². The molecule has 2 aromatic heterocycles. The minimum Gasteiger partial charge on any atom is -0.396 e. The van der Waals surface area contributed by atoms with E-state index in [9.17, 15) is 0 Å². The monoisotopic (exact) mass is 177 g/mol. The highest BCUT2D eigenvalue weighted by Gasteiger charge is 2.03. The first-order valence-electron chi connectivity index (χ1n) is 4.29. The minimum absolute atomic E-state index is 0.215. The highest BCUT2D eigenvalue weighted by atomic mass is 16.2. The highest BCUT2D eigenvalue weighted by molar-refractivity contribution is 5.74. The molecule has 0 aromatic carbocycles. The summed E-state index contributed by atoms with van der Waals surface area (Å²) in [6, 6.07) is 0. The summed E-state index contributed by atoms with van der Waals surface area (Å²) in [5.41, 5.74) is 2.85. The molecule has 68 valence electrons. The molecular formula is C9H11N3O. The Kier molecular flexibility index (Phi) is 2.23. The average Bonchev–Trinajstić information content (AvgIpc) is 2.58. The number of rotatable bonds is 3. The van der Waals surface area contributed by atoms with Crippen LogP contribution in [0.3, 0.4) is 0 Å². The first-order valence-corrected chi connectivity index (χ1v) is 4.29. The zero-order chi connectivity index (χ0) is 9.10. The molecule has 4 nitrogen and oxygen atoms in total. The largest absolute Gasteiger partial charge is 0.396 e. The van der Waals surface area contributed by atoms with Crippen molar-refractivity contribution in [1.29, 1.82) is 0 Å². The molecule has 2 N–H and O–H groups in total. The molecule has 0 atom stereocenters. The number of aliphatic hydroxyl groups excluding tert-OH is 1. The number of aromatic nitrogens is 3. The van der Waals surface area contributed by atoms with E-state index in [1.807, 2.05) is 6.20 Å². The van der Waals surface area contributed by atoms with Crippen molar-refractivity contribution in [3.05, 3.63) is 24.2 Å². The summed E-state index contributed by atoms with van der Waals surface area (Å²) in [5, 5.41) is 8.69. The molecule has 2 aromatic rings. The molecule has 0 aliphatic carbocycles. The third-order valence-corrected chi connectivity index (χ3v) is 1.99. The van der Waals surface area contributed by atoms with Gasteiger partial charge in [-0.1, -0.05) is 0 Å². The summed E-state index contributed by atoms with van der Waals surface area (Å²) in [5.74, 6) is 0. The van der Waals surface area contributed by atoms with Crippen LogP contribution in [0.4, 0.5) is 0 Å². The van der Waals surface area contributed by atoms with E-state index in [1.165, 1.54) is 0 Å². The van der Waals surface area contributed by atoms with Crippen molar-refractivity contribution in [2.75, 3.05) is 6.61 Å². The third kappa shape index (κ3) is 1.53. The lowest BCUT2D eigenvalue weighted by Crippen LogP contribution is -1.89. The predicted molar refractivity (Wildman–Crippen MR) is 49.3 cm³/mol. The van der Waals surface area contributed by atoms with Crippen LogP contribution in [0.1, 0.15) is 12.0 Å². The van der Waals surface area contributed by atoms with Gasteiger partial charge in [-0.3, -0.25) is 4.98 Å². The van der Waals surface area contributed by atoms with E-state index in [0.717, 1.165) is 29.6 Å². The van der Waals surface area contributed by atoms with E-state index in [2.05, 4.69) is 15.0 Å². The Hall–Kier alpha value is -1.42. The molecule has 0 aliphatic heterocycles. The third-order valence-electron chi connectivity index (χ3n) is 1.99. The van der Waals surface area contributed by atoms with Crippen molar-refractivity contribution >= 4 is 11.2 Å².